The number of para-hydroxylation sites is 1. The molecule has 0 aliphatic rings. The summed E-state index contributed by atoms with van der Waals surface area (Å²) in [7, 11) is 0. The molecule has 0 N–H and O–H groups in total. The molecule has 0 spiro atoms. The van der Waals surface area contributed by atoms with Crippen molar-refractivity contribution in [1.29, 1.82) is 5.26 Å². The molecule has 7 nitrogen and oxygen atoms in total. The molecule has 0 unspecified atom stereocenters. The number of nitriles is 1. The van der Waals surface area contributed by atoms with Crippen molar-refractivity contribution in [2.75, 3.05) is 0 Å². The van der Waals surface area contributed by atoms with Gasteiger partial charge in [0.2, 0.25) is 0 Å². The van der Waals surface area contributed by atoms with Crippen LogP contribution in [0.15, 0.2) is 140 Å². The Morgan fingerprint density at radius 1 is 0.553 bits per heavy atom. The Hall–Kier alpha value is -6.96. The van der Waals surface area contributed by atoms with Crippen LogP contribution in [0.4, 0.5) is 5.69 Å². The summed E-state index contributed by atoms with van der Waals surface area (Å²) >= 11 is 0. The molecule has 0 saturated carbocycles. The summed E-state index contributed by atoms with van der Waals surface area (Å²) in [6.07, 6.45) is 6.99. The van der Waals surface area contributed by atoms with Crippen LogP contribution in [0.3, 0.4) is 0 Å². The molecule has 0 atom stereocenters. The fourth-order valence-corrected chi connectivity index (χ4v) is 5.93. The number of nitrogens with zero attached hydrogens (tertiary/aromatic N) is 7. The molecule has 218 valence electrons. The average molecular weight is 602 g/mol. The first-order valence-electron chi connectivity index (χ1n) is 15.0. The Balaban J connectivity index is 1.21. The van der Waals surface area contributed by atoms with Crippen LogP contribution >= 0.6 is 0 Å². The Labute approximate surface area is 270 Å². The molecule has 0 radical (unpaired) electrons. The van der Waals surface area contributed by atoms with Crippen LogP contribution in [0.2, 0.25) is 0 Å². The van der Waals surface area contributed by atoms with E-state index in [-0.39, 0.29) is 0 Å². The van der Waals surface area contributed by atoms with Gasteiger partial charge in [0.05, 0.1) is 52.0 Å². The largest absolute Gasteiger partial charge is 0.309 e. The third-order valence-corrected chi connectivity index (χ3v) is 8.26. The molecule has 3 aromatic carbocycles. The van der Waals surface area contributed by atoms with Gasteiger partial charge in [-0.1, -0.05) is 54.6 Å². The molecular formula is C40H23N7. The van der Waals surface area contributed by atoms with Crippen molar-refractivity contribution in [3.8, 4) is 56.8 Å². The van der Waals surface area contributed by atoms with E-state index in [0.29, 0.717) is 28.3 Å². The second kappa shape index (κ2) is 11.5. The summed E-state index contributed by atoms with van der Waals surface area (Å²) in [4.78, 5) is 21.7. The molecule has 8 aromatic rings. The lowest BCUT2D eigenvalue weighted by Crippen LogP contribution is -1.94. The molecule has 5 aromatic heterocycles. The minimum atomic E-state index is 0.538. The zero-order valence-electron chi connectivity index (χ0n) is 24.9. The topological polar surface area (TPSA) is 84.6 Å². The number of fused-ring (bicyclic) bond motifs is 3. The second-order valence-electron chi connectivity index (χ2n) is 11.1. The van der Waals surface area contributed by atoms with Crippen molar-refractivity contribution >= 4 is 27.5 Å². The van der Waals surface area contributed by atoms with Crippen molar-refractivity contribution in [1.82, 2.24) is 24.5 Å². The molecule has 0 bridgehead atoms. The van der Waals surface area contributed by atoms with Crippen LogP contribution in [0.1, 0.15) is 5.56 Å². The van der Waals surface area contributed by atoms with E-state index in [9.17, 15) is 5.26 Å². The van der Waals surface area contributed by atoms with Gasteiger partial charge in [-0.25, -0.2) is 4.85 Å². The number of pyridine rings is 4. The van der Waals surface area contributed by atoms with Crippen molar-refractivity contribution in [3.05, 3.63) is 157 Å². The highest BCUT2D eigenvalue weighted by Crippen LogP contribution is 2.37. The molecule has 5 heterocycles. The molecule has 8 rings (SSSR count). The van der Waals surface area contributed by atoms with E-state index in [1.807, 2.05) is 42.7 Å². The first-order chi connectivity index (χ1) is 23.2. The molecule has 47 heavy (non-hydrogen) atoms. The second-order valence-corrected chi connectivity index (χ2v) is 11.1. The number of hydrogen-bond donors (Lipinski definition) is 0. The molecule has 0 aliphatic carbocycles. The normalized spacial score (nSPS) is 10.9. The van der Waals surface area contributed by atoms with Crippen LogP contribution in [0.5, 0.6) is 0 Å². The van der Waals surface area contributed by atoms with Gasteiger partial charge in [0.25, 0.3) is 0 Å². The maximum absolute atomic E-state index is 9.27. The molecular weight excluding hydrogens is 578 g/mol. The van der Waals surface area contributed by atoms with Gasteiger partial charge in [0.15, 0.2) is 5.69 Å². The zero-order chi connectivity index (χ0) is 31.7. The van der Waals surface area contributed by atoms with Gasteiger partial charge in [-0.15, -0.1) is 0 Å². The van der Waals surface area contributed by atoms with E-state index < -0.39 is 0 Å². The molecule has 0 saturated heterocycles. The van der Waals surface area contributed by atoms with Gasteiger partial charge in [-0.3, -0.25) is 19.9 Å². The molecule has 0 aliphatic heterocycles. The van der Waals surface area contributed by atoms with E-state index >= 15 is 0 Å². The smallest absolute Gasteiger partial charge is 0.190 e. The van der Waals surface area contributed by atoms with Crippen LogP contribution in [0.25, 0.3) is 77.4 Å². The number of aromatic nitrogens is 5. The predicted octanol–water partition coefficient (Wildman–Crippen LogP) is 9.45. The van der Waals surface area contributed by atoms with Gasteiger partial charge in [0, 0.05) is 52.4 Å². The third-order valence-electron chi connectivity index (χ3n) is 8.26. The molecule has 0 amide bonds. The average Bonchev–Trinajstić information content (AvgIpc) is 3.48. The van der Waals surface area contributed by atoms with E-state index in [1.165, 1.54) is 0 Å². The van der Waals surface area contributed by atoms with Gasteiger partial charge in [0.1, 0.15) is 0 Å². The SMILES string of the molecule is [C-]#[N+]c1ccnc(-c2ccc(-c3ccc4c5ccc(-c6ccc(-c7cc(C#N)ccn7)nc6)cc5n(-c5ccccc5)c4c3)cn2)c1. The molecule has 7 heteroatoms. The Morgan fingerprint density at radius 2 is 1.13 bits per heavy atom. The number of benzene rings is 3. The van der Waals surface area contributed by atoms with Crippen molar-refractivity contribution in [2.24, 2.45) is 0 Å². The fourth-order valence-electron chi connectivity index (χ4n) is 5.93. The highest BCUT2D eigenvalue weighted by molar-refractivity contribution is 6.11. The Bertz CT molecular complexity index is 2360. The van der Waals surface area contributed by atoms with E-state index in [2.05, 4.69) is 96.1 Å². The number of rotatable bonds is 5. The maximum atomic E-state index is 9.27. The Morgan fingerprint density at radius 3 is 1.68 bits per heavy atom. The summed E-state index contributed by atoms with van der Waals surface area (Å²) in [6, 6.07) is 40.5. The summed E-state index contributed by atoms with van der Waals surface area (Å²) in [5.74, 6) is 0. The van der Waals surface area contributed by atoms with E-state index in [0.717, 1.165) is 55.4 Å². The van der Waals surface area contributed by atoms with Crippen molar-refractivity contribution in [3.63, 3.8) is 0 Å². The lowest BCUT2D eigenvalue weighted by molar-refractivity contribution is 1.18. The first-order valence-corrected chi connectivity index (χ1v) is 15.0. The highest BCUT2D eigenvalue weighted by Gasteiger charge is 2.15. The van der Waals surface area contributed by atoms with Gasteiger partial charge in [-0.05, 0) is 71.8 Å². The van der Waals surface area contributed by atoms with Crippen LogP contribution < -0.4 is 0 Å². The fraction of sp³-hybridized carbons (Fsp3) is 0. The van der Waals surface area contributed by atoms with Crippen LogP contribution in [0, 0.1) is 17.9 Å². The highest BCUT2D eigenvalue weighted by atomic mass is 15.0. The van der Waals surface area contributed by atoms with E-state index in [4.69, 9.17) is 6.57 Å². The third kappa shape index (κ3) is 5.04. The molecule has 0 fully saturated rings. The minimum absolute atomic E-state index is 0.538. The first kappa shape index (κ1) is 27.6. The zero-order valence-corrected chi connectivity index (χ0v) is 24.9. The number of hydrogen-bond acceptors (Lipinski definition) is 5. The Kier molecular flexibility index (Phi) is 6.76. The van der Waals surface area contributed by atoms with Crippen molar-refractivity contribution in [2.45, 2.75) is 0 Å². The lowest BCUT2D eigenvalue weighted by atomic mass is 10.0. The lowest BCUT2D eigenvalue weighted by Gasteiger charge is -2.10. The summed E-state index contributed by atoms with van der Waals surface area (Å²) in [5, 5.41) is 11.6. The predicted molar refractivity (Wildman–Crippen MR) is 185 cm³/mol. The van der Waals surface area contributed by atoms with Crippen LogP contribution in [-0.4, -0.2) is 24.5 Å². The summed E-state index contributed by atoms with van der Waals surface area (Å²) in [5.41, 5.74) is 11.2. The van der Waals surface area contributed by atoms with Gasteiger partial charge >= 0.3 is 0 Å². The van der Waals surface area contributed by atoms with Crippen molar-refractivity contribution < 1.29 is 0 Å². The maximum Gasteiger partial charge on any atom is 0.190 e. The monoisotopic (exact) mass is 601 g/mol. The minimum Gasteiger partial charge on any atom is -0.309 e. The quantitative estimate of drug-likeness (QED) is 0.184. The van der Waals surface area contributed by atoms with Gasteiger partial charge < -0.3 is 4.57 Å². The van der Waals surface area contributed by atoms with E-state index in [1.54, 1.807) is 36.7 Å². The summed E-state index contributed by atoms with van der Waals surface area (Å²) < 4.78 is 2.30. The standard InChI is InChI=1S/C40H23N7/c1-42-31-16-18-44-38(22-31)36-14-10-30(25-46-36)28-8-12-34-33-11-7-27(20-39(33)47(40(34)21-28)32-5-3-2-4-6-32)29-9-13-35(45-24-29)37-19-26(23-41)15-17-43-37/h2-22,24-25H. The van der Waals surface area contributed by atoms with Crippen LogP contribution in [-0.2, 0) is 0 Å². The summed E-state index contributed by atoms with van der Waals surface area (Å²) in [6.45, 7) is 7.30. The van der Waals surface area contributed by atoms with Gasteiger partial charge in [-0.2, -0.15) is 5.26 Å².